The molecule has 20 heavy (non-hydrogen) atoms. The van der Waals surface area contributed by atoms with Crippen LogP contribution in [-0.2, 0) is 4.74 Å². The molecule has 1 unspecified atom stereocenters. The molecule has 1 aromatic rings. The van der Waals surface area contributed by atoms with E-state index in [9.17, 15) is 4.79 Å². The van der Waals surface area contributed by atoms with Crippen molar-refractivity contribution < 1.29 is 9.53 Å². The summed E-state index contributed by atoms with van der Waals surface area (Å²) in [5.41, 5.74) is 12.9. The Labute approximate surface area is 119 Å². The first-order valence-corrected chi connectivity index (χ1v) is 6.82. The van der Waals surface area contributed by atoms with Crippen LogP contribution in [0.2, 0.25) is 0 Å². The number of carbonyl (C=O) groups excluding carboxylic acids is 1. The average Bonchev–Trinajstić information content (AvgIpc) is 2.39. The fraction of sp³-hybridized carbons (Fsp3) is 0.500. The van der Waals surface area contributed by atoms with Gasteiger partial charge < -0.3 is 21.5 Å². The van der Waals surface area contributed by atoms with E-state index in [0.717, 1.165) is 32.8 Å². The largest absolute Gasteiger partial charge is 0.399 e. The average molecular weight is 278 g/mol. The van der Waals surface area contributed by atoms with Gasteiger partial charge in [-0.05, 0) is 25.1 Å². The third kappa shape index (κ3) is 3.85. The maximum atomic E-state index is 12.2. The molecule has 1 aliphatic heterocycles. The van der Waals surface area contributed by atoms with Crippen molar-refractivity contribution in [1.82, 2.24) is 10.2 Å². The maximum absolute atomic E-state index is 12.2. The highest BCUT2D eigenvalue weighted by atomic mass is 16.5. The smallest absolute Gasteiger partial charge is 0.253 e. The molecular formula is C14H22N4O2. The highest BCUT2D eigenvalue weighted by molar-refractivity contribution is 5.99. The van der Waals surface area contributed by atoms with E-state index in [2.05, 4.69) is 10.2 Å². The molecule has 1 saturated heterocycles. The van der Waals surface area contributed by atoms with Gasteiger partial charge in [0.25, 0.3) is 5.91 Å². The van der Waals surface area contributed by atoms with Crippen LogP contribution in [0, 0.1) is 0 Å². The summed E-state index contributed by atoms with van der Waals surface area (Å²) in [5.74, 6) is -0.164. The molecule has 1 atom stereocenters. The van der Waals surface area contributed by atoms with Crippen molar-refractivity contribution in [2.24, 2.45) is 0 Å². The SMILES string of the molecule is CC(CN1CCOCC1)NC(=O)c1ccc(N)cc1N. The standard InChI is InChI=1S/C14H22N4O2/c1-10(9-18-4-6-20-7-5-18)17-14(19)12-3-2-11(15)8-13(12)16/h2-3,8,10H,4-7,9,15-16H2,1H3,(H,17,19). The summed E-state index contributed by atoms with van der Waals surface area (Å²) < 4.78 is 5.30. The topological polar surface area (TPSA) is 93.6 Å². The lowest BCUT2D eigenvalue weighted by atomic mass is 10.1. The number of nitrogens with zero attached hydrogens (tertiary/aromatic N) is 1. The molecule has 1 heterocycles. The summed E-state index contributed by atoms with van der Waals surface area (Å²) in [6.07, 6.45) is 0. The van der Waals surface area contributed by atoms with E-state index in [1.54, 1.807) is 18.2 Å². The van der Waals surface area contributed by atoms with Gasteiger partial charge in [-0.2, -0.15) is 0 Å². The molecule has 6 heteroatoms. The van der Waals surface area contributed by atoms with Gasteiger partial charge in [0.2, 0.25) is 0 Å². The lowest BCUT2D eigenvalue weighted by Gasteiger charge is -2.29. The first-order chi connectivity index (χ1) is 9.56. The van der Waals surface area contributed by atoms with Crippen molar-refractivity contribution in [3.05, 3.63) is 23.8 Å². The van der Waals surface area contributed by atoms with Crippen molar-refractivity contribution in [1.29, 1.82) is 0 Å². The molecule has 110 valence electrons. The van der Waals surface area contributed by atoms with Crippen molar-refractivity contribution in [2.45, 2.75) is 13.0 Å². The number of nitrogen functional groups attached to an aromatic ring is 2. The van der Waals surface area contributed by atoms with E-state index in [0.29, 0.717) is 16.9 Å². The number of hydrogen-bond donors (Lipinski definition) is 3. The van der Waals surface area contributed by atoms with Crippen molar-refractivity contribution in [3.63, 3.8) is 0 Å². The van der Waals surface area contributed by atoms with Gasteiger partial charge >= 0.3 is 0 Å². The summed E-state index contributed by atoms with van der Waals surface area (Å²) in [4.78, 5) is 14.4. The molecule has 0 saturated carbocycles. The Kier molecular flexibility index (Phi) is 4.81. The van der Waals surface area contributed by atoms with Crippen molar-refractivity contribution in [3.8, 4) is 0 Å². The van der Waals surface area contributed by atoms with Crippen LogP contribution < -0.4 is 16.8 Å². The molecule has 2 rings (SSSR count). The van der Waals surface area contributed by atoms with Crippen LogP contribution >= 0.6 is 0 Å². The van der Waals surface area contributed by atoms with Crippen LogP contribution in [0.1, 0.15) is 17.3 Å². The molecule has 5 N–H and O–H groups in total. The molecule has 0 aliphatic carbocycles. The van der Waals surface area contributed by atoms with Gasteiger partial charge in [0.15, 0.2) is 0 Å². The van der Waals surface area contributed by atoms with Gasteiger partial charge in [0.1, 0.15) is 0 Å². The monoisotopic (exact) mass is 278 g/mol. The van der Waals surface area contributed by atoms with Gasteiger partial charge in [-0.3, -0.25) is 9.69 Å². The number of amides is 1. The third-order valence-corrected chi connectivity index (χ3v) is 3.33. The minimum absolute atomic E-state index is 0.0533. The first-order valence-electron chi connectivity index (χ1n) is 6.82. The zero-order chi connectivity index (χ0) is 14.5. The predicted molar refractivity (Wildman–Crippen MR) is 79.5 cm³/mol. The second-order valence-electron chi connectivity index (χ2n) is 5.13. The first kappa shape index (κ1) is 14.6. The van der Waals surface area contributed by atoms with E-state index in [1.165, 1.54) is 0 Å². The Balaban J connectivity index is 1.89. The molecule has 0 bridgehead atoms. The number of nitrogens with one attached hydrogen (secondary N) is 1. The van der Waals surface area contributed by atoms with E-state index in [-0.39, 0.29) is 11.9 Å². The van der Waals surface area contributed by atoms with Gasteiger partial charge in [-0.15, -0.1) is 0 Å². The molecule has 0 aromatic heterocycles. The summed E-state index contributed by atoms with van der Waals surface area (Å²) in [6, 6.07) is 4.98. The lowest BCUT2D eigenvalue weighted by Crippen LogP contribution is -2.46. The van der Waals surface area contributed by atoms with Crippen molar-refractivity contribution in [2.75, 3.05) is 44.3 Å². The molecular weight excluding hydrogens is 256 g/mol. The minimum Gasteiger partial charge on any atom is -0.399 e. The predicted octanol–water partition coefficient (Wildman–Crippen LogP) is 0.302. The van der Waals surface area contributed by atoms with Crippen LogP contribution in [0.25, 0.3) is 0 Å². The zero-order valence-corrected chi connectivity index (χ0v) is 11.8. The molecule has 0 spiro atoms. The Bertz CT molecular complexity index is 472. The Morgan fingerprint density at radius 2 is 2.10 bits per heavy atom. The molecule has 1 fully saturated rings. The molecule has 1 aromatic carbocycles. The molecule has 1 amide bonds. The maximum Gasteiger partial charge on any atom is 0.253 e. The number of benzene rings is 1. The van der Waals surface area contributed by atoms with E-state index < -0.39 is 0 Å². The van der Waals surface area contributed by atoms with Gasteiger partial charge in [-0.1, -0.05) is 0 Å². The van der Waals surface area contributed by atoms with Gasteiger partial charge in [-0.25, -0.2) is 0 Å². The molecule has 0 radical (unpaired) electrons. The van der Waals surface area contributed by atoms with Crippen LogP contribution in [0.15, 0.2) is 18.2 Å². The quantitative estimate of drug-likeness (QED) is 0.689. The molecule has 6 nitrogen and oxygen atoms in total. The van der Waals surface area contributed by atoms with Crippen LogP contribution in [-0.4, -0.2) is 49.7 Å². The number of carbonyl (C=O) groups is 1. The number of rotatable bonds is 4. The van der Waals surface area contributed by atoms with Crippen molar-refractivity contribution >= 4 is 17.3 Å². The number of hydrogen-bond acceptors (Lipinski definition) is 5. The van der Waals surface area contributed by atoms with E-state index >= 15 is 0 Å². The zero-order valence-electron chi connectivity index (χ0n) is 11.8. The van der Waals surface area contributed by atoms with Crippen LogP contribution in [0.5, 0.6) is 0 Å². The van der Waals surface area contributed by atoms with Gasteiger partial charge in [0.05, 0.1) is 18.8 Å². The highest BCUT2D eigenvalue weighted by Crippen LogP contribution is 2.15. The number of morpholine rings is 1. The van der Waals surface area contributed by atoms with Crippen LogP contribution in [0.4, 0.5) is 11.4 Å². The fourth-order valence-electron chi connectivity index (χ4n) is 2.31. The number of ether oxygens (including phenoxy) is 1. The second kappa shape index (κ2) is 6.58. The number of nitrogens with two attached hydrogens (primary N) is 2. The summed E-state index contributed by atoms with van der Waals surface area (Å²) in [5, 5.41) is 2.96. The summed E-state index contributed by atoms with van der Waals surface area (Å²) in [7, 11) is 0. The summed E-state index contributed by atoms with van der Waals surface area (Å²) in [6.45, 7) is 6.12. The Morgan fingerprint density at radius 3 is 2.75 bits per heavy atom. The summed E-state index contributed by atoms with van der Waals surface area (Å²) >= 11 is 0. The minimum atomic E-state index is -0.164. The van der Waals surface area contributed by atoms with E-state index in [1.807, 2.05) is 6.92 Å². The Hall–Kier alpha value is -1.79. The number of anilines is 2. The van der Waals surface area contributed by atoms with Gasteiger partial charge in [0, 0.05) is 37.1 Å². The second-order valence-corrected chi connectivity index (χ2v) is 5.13. The Morgan fingerprint density at radius 1 is 1.40 bits per heavy atom. The normalized spacial score (nSPS) is 17.6. The van der Waals surface area contributed by atoms with Crippen LogP contribution in [0.3, 0.4) is 0 Å². The highest BCUT2D eigenvalue weighted by Gasteiger charge is 2.17. The third-order valence-electron chi connectivity index (χ3n) is 3.33. The lowest BCUT2D eigenvalue weighted by molar-refractivity contribution is 0.0342. The fourth-order valence-corrected chi connectivity index (χ4v) is 2.31. The molecule has 1 aliphatic rings. The van der Waals surface area contributed by atoms with E-state index in [4.69, 9.17) is 16.2 Å².